The van der Waals surface area contributed by atoms with Crippen molar-refractivity contribution in [2.75, 3.05) is 31.1 Å². The lowest BCUT2D eigenvalue weighted by Gasteiger charge is -2.45. The van der Waals surface area contributed by atoms with Gasteiger partial charge in [0, 0.05) is 50.3 Å². The van der Waals surface area contributed by atoms with E-state index in [0.29, 0.717) is 50.4 Å². The second-order valence-electron chi connectivity index (χ2n) is 9.94. The normalized spacial score (nSPS) is 25.9. The Kier molecular flexibility index (Phi) is 6.90. The highest BCUT2D eigenvalue weighted by Gasteiger charge is 2.47. The summed E-state index contributed by atoms with van der Waals surface area (Å²) in [5, 5.41) is 19.7. The second-order valence-corrected chi connectivity index (χ2v) is 9.94. The summed E-state index contributed by atoms with van der Waals surface area (Å²) >= 11 is 0. The fourth-order valence-electron chi connectivity index (χ4n) is 5.86. The standard InChI is InChI=1S/C28H29F3N4O2/c1-2-18-15-34(13-11-28(18,37)19-5-7-20(29)8-6-19)27(36)24-17-35(26-4-3-12-32-33-26)16-23(24)22-10-9-21(30)14-25(22)31/h3-10,12,14,18,23-24,37H,2,11,13,15-17H2,1H3/t18-,23-,24+,28+/m0/s1. The number of benzene rings is 2. The zero-order chi connectivity index (χ0) is 26.2. The molecule has 9 heteroatoms. The third-order valence-electron chi connectivity index (χ3n) is 7.91. The lowest BCUT2D eigenvalue weighted by molar-refractivity contribution is -0.145. The number of piperidine rings is 1. The summed E-state index contributed by atoms with van der Waals surface area (Å²) in [6, 6.07) is 12.9. The molecule has 0 bridgehead atoms. The van der Waals surface area contributed by atoms with Crippen molar-refractivity contribution in [2.45, 2.75) is 31.3 Å². The molecule has 3 aromatic rings. The van der Waals surface area contributed by atoms with Gasteiger partial charge in [0.1, 0.15) is 17.5 Å². The molecule has 5 rings (SSSR count). The van der Waals surface area contributed by atoms with E-state index >= 15 is 0 Å². The van der Waals surface area contributed by atoms with E-state index in [9.17, 15) is 23.1 Å². The smallest absolute Gasteiger partial charge is 0.228 e. The molecular formula is C28H29F3N4O2. The number of halogens is 3. The minimum Gasteiger partial charge on any atom is -0.385 e. The van der Waals surface area contributed by atoms with Crippen molar-refractivity contribution in [3.63, 3.8) is 0 Å². The van der Waals surface area contributed by atoms with Crippen molar-refractivity contribution in [1.29, 1.82) is 0 Å². The molecule has 194 valence electrons. The summed E-state index contributed by atoms with van der Waals surface area (Å²) < 4.78 is 42.0. The lowest BCUT2D eigenvalue weighted by Crippen LogP contribution is -2.53. The van der Waals surface area contributed by atoms with Crippen LogP contribution in [0.2, 0.25) is 0 Å². The molecule has 37 heavy (non-hydrogen) atoms. The number of nitrogens with zero attached hydrogens (tertiary/aromatic N) is 4. The Hall–Kier alpha value is -3.46. The van der Waals surface area contributed by atoms with Crippen LogP contribution in [0.4, 0.5) is 19.0 Å². The van der Waals surface area contributed by atoms with Crippen LogP contribution >= 0.6 is 0 Å². The number of carbonyl (C=O) groups is 1. The van der Waals surface area contributed by atoms with Crippen LogP contribution in [-0.2, 0) is 10.4 Å². The summed E-state index contributed by atoms with van der Waals surface area (Å²) in [5.74, 6) is -2.63. The molecular weight excluding hydrogens is 481 g/mol. The number of likely N-dealkylation sites (tertiary alicyclic amines) is 1. The fourth-order valence-corrected chi connectivity index (χ4v) is 5.86. The molecule has 0 aliphatic carbocycles. The third-order valence-corrected chi connectivity index (χ3v) is 7.91. The van der Waals surface area contributed by atoms with Gasteiger partial charge in [-0.05, 0) is 54.3 Å². The van der Waals surface area contributed by atoms with Crippen LogP contribution in [0.1, 0.15) is 36.8 Å². The van der Waals surface area contributed by atoms with Crippen molar-refractivity contribution < 1.29 is 23.1 Å². The topological polar surface area (TPSA) is 69.6 Å². The molecule has 2 aliphatic rings. The van der Waals surface area contributed by atoms with Gasteiger partial charge in [-0.25, -0.2) is 13.2 Å². The Morgan fingerprint density at radius 3 is 2.49 bits per heavy atom. The van der Waals surface area contributed by atoms with Gasteiger partial charge in [-0.2, -0.15) is 5.10 Å². The third kappa shape index (κ3) is 4.80. The van der Waals surface area contributed by atoms with Crippen molar-refractivity contribution in [1.82, 2.24) is 15.1 Å². The van der Waals surface area contributed by atoms with Crippen molar-refractivity contribution in [2.24, 2.45) is 11.8 Å². The van der Waals surface area contributed by atoms with Crippen LogP contribution in [0, 0.1) is 29.3 Å². The maximum atomic E-state index is 14.9. The van der Waals surface area contributed by atoms with Crippen LogP contribution in [0.25, 0.3) is 0 Å². The van der Waals surface area contributed by atoms with Gasteiger partial charge in [0.05, 0.1) is 11.5 Å². The Morgan fingerprint density at radius 1 is 1.05 bits per heavy atom. The first-order chi connectivity index (χ1) is 17.8. The average molecular weight is 511 g/mol. The Morgan fingerprint density at radius 2 is 1.81 bits per heavy atom. The molecule has 2 saturated heterocycles. The SMILES string of the molecule is CC[C@H]1CN(C(=O)[C@@H]2CN(c3cccnn3)C[C@H]2c2ccc(F)cc2F)CC[C@]1(O)c1ccc(F)cc1. The van der Waals surface area contributed by atoms with Crippen LogP contribution in [0.3, 0.4) is 0 Å². The Labute approximate surface area is 213 Å². The second kappa shape index (κ2) is 10.1. The van der Waals surface area contributed by atoms with Crippen LogP contribution in [0.5, 0.6) is 0 Å². The Balaban J connectivity index is 1.41. The molecule has 2 aromatic carbocycles. The molecule has 2 fully saturated rings. The monoisotopic (exact) mass is 510 g/mol. The summed E-state index contributed by atoms with van der Waals surface area (Å²) in [6.07, 6.45) is 2.48. The molecule has 1 amide bonds. The highest BCUT2D eigenvalue weighted by molar-refractivity contribution is 5.82. The van der Waals surface area contributed by atoms with E-state index in [1.54, 1.807) is 35.4 Å². The van der Waals surface area contributed by atoms with Crippen LogP contribution < -0.4 is 4.90 Å². The van der Waals surface area contributed by atoms with E-state index in [0.717, 1.165) is 6.07 Å². The van der Waals surface area contributed by atoms with Gasteiger partial charge in [0.25, 0.3) is 0 Å². The van der Waals surface area contributed by atoms with E-state index in [-0.39, 0.29) is 23.2 Å². The number of rotatable bonds is 5. The van der Waals surface area contributed by atoms with Crippen molar-refractivity contribution >= 4 is 11.7 Å². The molecule has 2 aliphatic heterocycles. The van der Waals surface area contributed by atoms with Gasteiger partial charge in [-0.3, -0.25) is 4.79 Å². The van der Waals surface area contributed by atoms with E-state index in [4.69, 9.17) is 0 Å². The van der Waals surface area contributed by atoms with E-state index < -0.39 is 29.1 Å². The Bertz CT molecular complexity index is 1260. The number of amides is 1. The van der Waals surface area contributed by atoms with E-state index in [2.05, 4.69) is 10.2 Å². The van der Waals surface area contributed by atoms with Crippen LogP contribution in [0.15, 0.2) is 60.8 Å². The number of hydrogen-bond donors (Lipinski definition) is 1. The minimum absolute atomic E-state index is 0.139. The highest BCUT2D eigenvalue weighted by atomic mass is 19.1. The van der Waals surface area contributed by atoms with Crippen LogP contribution in [-0.4, -0.2) is 52.3 Å². The predicted molar refractivity (Wildman–Crippen MR) is 132 cm³/mol. The van der Waals surface area contributed by atoms with Gasteiger partial charge in [0.2, 0.25) is 5.91 Å². The quantitative estimate of drug-likeness (QED) is 0.556. The maximum absolute atomic E-state index is 14.9. The molecule has 3 heterocycles. The predicted octanol–water partition coefficient (Wildman–Crippen LogP) is 4.26. The lowest BCUT2D eigenvalue weighted by atomic mass is 9.74. The molecule has 1 N–H and O–H groups in total. The van der Waals surface area contributed by atoms with Crippen molar-refractivity contribution in [3.05, 3.63) is 89.4 Å². The zero-order valence-electron chi connectivity index (χ0n) is 20.5. The summed E-state index contributed by atoms with van der Waals surface area (Å²) in [4.78, 5) is 17.6. The highest BCUT2D eigenvalue weighted by Crippen LogP contribution is 2.42. The summed E-state index contributed by atoms with van der Waals surface area (Å²) in [5.41, 5.74) is -0.255. The average Bonchev–Trinajstić information content (AvgIpc) is 3.34. The van der Waals surface area contributed by atoms with Gasteiger partial charge in [-0.15, -0.1) is 5.10 Å². The maximum Gasteiger partial charge on any atom is 0.228 e. The summed E-state index contributed by atoms with van der Waals surface area (Å²) in [6.45, 7) is 3.24. The molecule has 1 aromatic heterocycles. The number of carbonyl (C=O) groups excluding carboxylic acids is 1. The van der Waals surface area contributed by atoms with E-state index in [1.165, 1.54) is 24.3 Å². The van der Waals surface area contributed by atoms with Crippen molar-refractivity contribution in [3.8, 4) is 0 Å². The molecule has 4 atom stereocenters. The first-order valence-corrected chi connectivity index (χ1v) is 12.5. The van der Waals surface area contributed by atoms with E-state index in [1.807, 2.05) is 11.8 Å². The number of aromatic nitrogens is 2. The fraction of sp³-hybridized carbons (Fsp3) is 0.393. The molecule has 6 nitrogen and oxygen atoms in total. The zero-order valence-corrected chi connectivity index (χ0v) is 20.5. The van der Waals surface area contributed by atoms with Gasteiger partial charge in [-0.1, -0.05) is 25.1 Å². The largest absolute Gasteiger partial charge is 0.385 e. The first-order valence-electron chi connectivity index (χ1n) is 12.5. The molecule has 0 unspecified atom stereocenters. The number of aliphatic hydroxyl groups is 1. The molecule has 0 radical (unpaired) electrons. The summed E-state index contributed by atoms with van der Waals surface area (Å²) in [7, 11) is 0. The molecule has 0 spiro atoms. The first kappa shape index (κ1) is 25.2. The number of anilines is 1. The van der Waals surface area contributed by atoms with Gasteiger partial charge < -0.3 is 14.9 Å². The van der Waals surface area contributed by atoms with Gasteiger partial charge in [0.15, 0.2) is 5.82 Å². The minimum atomic E-state index is -1.18. The van der Waals surface area contributed by atoms with Gasteiger partial charge >= 0.3 is 0 Å². The molecule has 0 saturated carbocycles. The number of hydrogen-bond acceptors (Lipinski definition) is 5.